The van der Waals surface area contributed by atoms with Crippen LogP contribution >= 0.6 is 0 Å². The molecule has 2 N–H and O–H groups in total. The highest BCUT2D eigenvalue weighted by Gasteiger charge is 2.27. The van der Waals surface area contributed by atoms with Crippen molar-refractivity contribution in [1.82, 2.24) is 19.8 Å². The second-order valence-electron chi connectivity index (χ2n) is 7.36. The largest absolute Gasteiger partial charge is 0.497 e. The van der Waals surface area contributed by atoms with E-state index in [4.69, 9.17) is 9.15 Å². The van der Waals surface area contributed by atoms with Gasteiger partial charge in [0.25, 0.3) is 5.91 Å². The van der Waals surface area contributed by atoms with Gasteiger partial charge < -0.3 is 14.1 Å². The Morgan fingerprint density at radius 3 is 2.65 bits per heavy atom. The van der Waals surface area contributed by atoms with E-state index in [1.54, 1.807) is 43.2 Å². The van der Waals surface area contributed by atoms with Gasteiger partial charge in [-0.2, -0.15) is 5.10 Å². The van der Waals surface area contributed by atoms with E-state index in [0.29, 0.717) is 30.1 Å². The van der Waals surface area contributed by atoms with Crippen LogP contribution in [-0.2, 0) is 16.6 Å². The van der Waals surface area contributed by atoms with E-state index >= 15 is 0 Å². The number of aromatic amines is 1. The number of carbonyl (C=O) groups is 1. The van der Waals surface area contributed by atoms with E-state index in [1.807, 2.05) is 0 Å². The molecule has 0 unspecified atom stereocenters. The molecular formula is C21H24N4O5S. The van der Waals surface area contributed by atoms with Crippen LogP contribution in [0.15, 0.2) is 45.8 Å². The number of furan rings is 1. The third kappa shape index (κ3) is 4.35. The Labute approximate surface area is 180 Å². The number of hydrogen-bond acceptors (Lipinski definition) is 6. The van der Waals surface area contributed by atoms with Crippen LogP contribution in [0.4, 0.5) is 0 Å². The Balaban J connectivity index is 1.54. The molecule has 1 saturated heterocycles. The molecule has 10 heteroatoms. The molecule has 9 nitrogen and oxygen atoms in total. The van der Waals surface area contributed by atoms with E-state index < -0.39 is 10.0 Å². The van der Waals surface area contributed by atoms with Gasteiger partial charge in [-0.1, -0.05) is 12.1 Å². The molecule has 0 atom stereocenters. The molecule has 0 aliphatic carbocycles. The summed E-state index contributed by atoms with van der Waals surface area (Å²) in [4.78, 5) is 14.6. The number of likely N-dealkylation sites (tertiary alicyclic amines) is 1. The molecule has 0 spiro atoms. The summed E-state index contributed by atoms with van der Waals surface area (Å²) in [6.45, 7) is 3.10. The van der Waals surface area contributed by atoms with Crippen LogP contribution in [-0.4, -0.2) is 49.6 Å². The maximum atomic E-state index is 12.9. The highest BCUT2D eigenvalue weighted by atomic mass is 32.2. The molecule has 3 aromatic rings. The zero-order valence-corrected chi connectivity index (χ0v) is 18.2. The van der Waals surface area contributed by atoms with Gasteiger partial charge in [-0.05, 0) is 37.5 Å². The molecule has 4 rings (SSSR count). The molecule has 1 aliphatic heterocycles. The molecule has 31 heavy (non-hydrogen) atoms. The minimum absolute atomic E-state index is 0.0187. The number of rotatable bonds is 7. The zero-order chi connectivity index (χ0) is 22.0. The van der Waals surface area contributed by atoms with Crippen molar-refractivity contribution in [1.29, 1.82) is 0 Å². The van der Waals surface area contributed by atoms with E-state index in [0.717, 1.165) is 18.4 Å². The average Bonchev–Trinajstić information content (AvgIpc) is 3.52. The molecular weight excluding hydrogens is 420 g/mol. The van der Waals surface area contributed by atoms with Gasteiger partial charge in [0.2, 0.25) is 10.0 Å². The minimum Gasteiger partial charge on any atom is -0.497 e. The Bertz CT molecular complexity index is 1170. The number of H-pyrrole nitrogens is 1. The standard InChI is InChI=1S/C21H24N4O5S/c1-14-19(31(27,28)23-12-15-5-7-16(29-2)8-6-15)11-18(30-14)20-17(13-22-24-20)21(26)25-9-3-4-10-25/h5-8,11,13,23H,3-4,9-10,12H2,1-2H3,(H,22,24). The number of amides is 1. The second kappa shape index (κ2) is 8.56. The first-order valence-corrected chi connectivity index (χ1v) is 11.4. The van der Waals surface area contributed by atoms with Crippen LogP contribution in [0.5, 0.6) is 5.75 Å². The van der Waals surface area contributed by atoms with Gasteiger partial charge in [-0.25, -0.2) is 13.1 Å². The number of nitrogens with zero attached hydrogens (tertiary/aromatic N) is 2. The van der Waals surface area contributed by atoms with Crippen molar-refractivity contribution >= 4 is 15.9 Å². The summed E-state index contributed by atoms with van der Waals surface area (Å²) in [5.41, 5.74) is 1.53. The summed E-state index contributed by atoms with van der Waals surface area (Å²) in [5, 5.41) is 6.74. The van der Waals surface area contributed by atoms with Crippen molar-refractivity contribution in [3.8, 4) is 17.2 Å². The number of nitrogens with one attached hydrogen (secondary N) is 2. The first-order valence-electron chi connectivity index (χ1n) is 9.95. The molecule has 2 aromatic heterocycles. The molecule has 0 saturated carbocycles. The van der Waals surface area contributed by atoms with Crippen molar-refractivity contribution in [3.05, 3.63) is 53.4 Å². The Morgan fingerprint density at radius 2 is 1.97 bits per heavy atom. The zero-order valence-electron chi connectivity index (χ0n) is 17.3. The third-order valence-corrected chi connectivity index (χ3v) is 6.81. The number of sulfonamides is 1. The van der Waals surface area contributed by atoms with E-state index in [9.17, 15) is 13.2 Å². The van der Waals surface area contributed by atoms with Crippen LogP contribution in [0, 0.1) is 6.92 Å². The second-order valence-corrected chi connectivity index (χ2v) is 9.10. The van der Waals surface area contributed by atoms with Crippen LogP contribution in [0.3, 0.4) is 0 Å². The van der Waals surface area contributed by atoms with Crippen molar-refractivity contribution in [3.63, 3.8) is 0 Å². The molecule has 164 valence electrons. The first kappa shape index (κ1) is 21.1. The summed E-state index contributed by atoms with van der Waals surface area (Å²) in [6, 6.07) is 8.52. The lowest BCUT2D eigenvalue weighted by atomic mass is 10.2. The number of methoxy groups -OCH3 is 1. The molecule has 1 amide bonds. The van der Waals surface area contributed by atoms with Crippen molar-refractivity contribution < 1.29 is 22.4 Å². The fraction of sp³-hybridized carbons (Fsp3) is 0.333. The average molecular weight is 445 g/mol. The van der Waals surface area contributed by atoms with Gasteiger partial charge in [0.15, 0.2) is 5.76 Å². The quantitative estimate of drug-likeness (QED) is 0.579. The van der Waals surface area contributed by atoms with Crippen molar-refractivity contribution in [2.24, 2.45) is 0 Å². The van der Waals surface area contributed by atoms with Gasteiger partial charge in [0.05, 0.1) is 18.9 Å². The van der Waals surface area contributed by atoms with E-state index in [2.05, 4.69) is 14.9 Å². The van der Waals surface area contributed by atoms with E-state index in [-0.39, 0.29) is 28.9 Å². The Hall–Kier alpha value is -3.11. The molecule has 0 radical (unpaired) electrons. The smallest absolute Gasteiger partial charge is 0.257 e. The number of benzene rings is 1. The number of carbonyl (C=O) groups excluding carboxylic acids is 1. The van der Waals surface area contributed by atoms with Crippen LogP contribution in [0.25, 0.3) is 11.5 Å². The summed E-state index contributed by atoms with van der Waals surface area (Å²) in [6.07, 6.45) is 3.39. The summed E-state index contributed by atoms with van der Waals surface area (Å²) < 4.78 is 39.1. The normalized spacial score (nSPS) is 14.2. The third-order valence-electron chi connectivity index (χ3n) is 5.30. The van der Waals surface area contributed by atoms with E-state index in [1.165, 1.54) is 12.3 Å². The highest BCUT2D eigenvalue weighted by Crippen LogP contribution is 2.30. The number of ether oxygens (including phenoxy) is 1. The first-order chi connectivity index (χ1) is 14.9. The summed E-state index contributed by atoms with van der Waals surface area (Å²) in [5.74, 6) is 1.03. The molecule has 1 aliphatic rings. The maximum Gasteiger partial charge on any atom is 0.257 e. The lowest BCUT2D eigenvalue weighted by molar-refractivity contribution is 0.0793. The fourth-order valence-corrected chi connectivity index (χ4v) is 4.78. The van der Waals surface area contributed by atoms with Crippen molar-refractivity contribution in [2.75, 3.05) is 20.2 Å². The van der Waals surface area contributed by atoms with Crippen molar-refractivity contribution in [2.45, 2.75) is 31.2 Å². The number of hydrogen-bond donors (Lipinski definition) is 2. The summed E-state index contributed by atoms with van der Waals surface area (Å²) in [7, 11) is -2.26. The predicted molar refractivity (Wildman–Crippen MR) is 113 cm³/mol. The molecule has 3 heterocycles. The molecule has 1 fully saturated rings. The minimum atomic E-state index is -3.83. The summed E-state index contributed by atoms with van der Waals surface area (Å²) >= 11 is 0. The highest BCUT2D eigenvalue weighted by molar-refractivity contribution is 7.89. The number of aromatic nitrogens is 2. The maximum absolute atomic E-state index is 12.9. The van der Waals surface area contributed by atoms with Gasteiger partial charge in [0.1, 0.15) is 22.1 Å². The van der Waals surface area contributed by atoms with Crippen LogP contribution < -0.4 is 9.46 Å². The Kier molecular flexibility index (Phi) is 5.84. The predicted octanol–water partition coefficient (Wildman–Crippen LogP) is 2.70. The van der Waals surface area contributed by atoms with Gasteiger partial charge in [0, 0.05) is 25.7 Å². The SMILES string of the molecule is COc1ccc(CNS(=O)(=O)c2cc(-c3[nH]ncc3C(=O)N3CCCC3)oc2C)cc1. The van der Waals surface area contributed by atoms with Crippen LogP contribution in [0.2, 0.25) is 0 Å². The van der Waals surface area contributed by atoms with Crippen LogP contribution in [0.1, 0.15) is 34.5 Å². The lowest BCUT2D eigenvalue weighted by Gasteiger charge is -2.14. The van der Waals surface area contributed by atoms with Gasteiger partial charge in [-0.15, -0.1) is 0 Å². The number of aryl methyl sites for hydroxylation is 1. The molecule has 1 aromatic carbocycles. The monoisotopic (exact) mass is 444 g/mol. The Morgan fingerprint density at radius 1 is 1.26 bits per heavy atom. The lowest BCUT2D eigenvalue weighted by Crippen LogP contribution is -2.27. The topological polar surface area (TPSA) is 118 Å². The molecule has 0 bridgehead atoms. The van der Waals surface area contributed by atoms with Gasteiger partial charge >= 0.3 is 0 Å². The fourth-order valence-electron chi connectivity index (χ4n) is 3.58. The van der Waals surface area contributed by atoms with Gasteiger partial charge in [-0.3, -0.25) is 9.89 Å².